The van der Waals surface area contributed by atoms with Crippen LogP contribution in [0.25, 0.3) is 5.70 Å². The predicted molar refractivity (Wildman–Crippen MR) is 98.7 cm³/mol. The van der Waals surface area contributed by atoms with Crippen molar-refractivity contribution in [3.63, 3.8) is 0 Å². The second kappa shape index (κ2) is 6.56. The van der Waals surface area contributed by atoms with Crippen molar-refractivity contribution in [1.82, 2.24) is 14.9 Å². The van der Waals surface area contributed by atoms with E-state index in [1.54, 1.807) is 6.07 Å². The Morgan fingerprint density at radius 1 is 1.28 bits per heavy atom. The fourth-order valence-electron chi connectivity index (χ4n) is 3.16. The molecule has 1 N–H and O–H groups in total. The molecule has 1 aliphatic rings. The summed E-state index contributed by atoms with van der Waals surface area (Å²) in [6, 6.07) is 4.66. The number of aryl methyl sites for hydroxylation is 3. The van der Waals surface area contributed by atoms with Gasteiger partial charge in [-0.05, 0) is 44.5 Å². The molecule has 0 amide bonds. The van der Waals surface area contributed by atoms with Crippen molar-refractivity contribution in [2.75, 3.05) is 13.1 Å². The number of nitrogens with one attached hydrogen (secondary N) is 1. The lowest BCUT2D eigenvalue weighted by atomic mass is 10.0. The van der Waals surface area contributed by atoms with E-state index >= 15 is 0 Å². The first-order chi connectivity index (χ1) is 11.8. The summed E-state index contributed by atoms with van der Waals surface area (Å²) in [5.74, 6) is 0.171. The van der Waals surface area contributed by atoms with Crippen molar-refractivity contribution in [2.45, 2.75) is 26.7 Å². The maximum atomic E-state index is 13.3. The Bertz CT molecular complexity index is 855. The van der Waals surface area contributed by atoms with Gasteiger partial charge in [0.2, 0.25) is 0 Å². The largest absolute Gasteiger partial charge is 0.365 e. The quantitative estimate of drug-likeness (QED) is 0.890. The number of likely N-dealkylation sites (tertiary alicyclic amines) is 1. The number of nitrogens with zero attached hydrogens (tertiary/aromatic N) is 3. The molecule has 0 saturated carbocycles. The summed E-state index contributed by atoms with van der Waals surface area (Å²) in [4.78, 5) is 11.0. The Balaban J connectivity index is 1.86. The van der Waals surface area contributed by atoms with E-state index in [1.807, 2.05) is 25.7 Å². The monoisotopic (exact) mass is 358 g/mol. The first kappa shape index (κ1) is 17.5. The molecule has 1 aromatic carbocycles. The van der Waals surface area contributed by atoms with Crippen LogP contribution in [0.5, 0.6) is 0 Å². The summed E-state index contributed by atoms with van der Waals surface area (Å²) >= 11 is 6.15. The molecule has 1 aromatic heterocycles. The van der Waals surface area contributed by atoms with Crippen LogP contribution in [-0.2, 0) is 0 Å². The zero-order valence-electron chi connectivity index (χ0n) is 14.5. The molecular weight excluding hydrogens is 339 g/mol. The van der Waals surface area contributed by atoms with Crippen molar-refractivity contribution in [1.29, 1.82) is 5.41 Å². The highest BCUT2D eigenvalue weighted by atomic mass is 35.5. The number of hydrogen-bond acceptors (Lipinski definition) is 4. The summed E-state index contributed by atoms with van der Waals surface area (Å²) in [6.45, 7) is 10.7. The van der Waals surface area contributed by atoms with E-state index in [1.165, 1.54) is 12.1 Å². The van der Waals surface area contributed by atoms with Gasteiger partial charge in [-0.25, -0.2) is 14.4 Å². The molecule has 25 heavy (non-hydrogen) atoms. The highest BCUT2D eigenvalue weighted by molar-refractivity contribution is 6.31. The third kappa shape index (κ3) is 3.29. The molecule has 3 rings (SSSR count). The summed E-state index contributed by atoms with van der Waals surface area (Å²) in [5.41, 5.74) is 4.50. The minimum absolute atomic E-state index is 0.188. The third-order valence-electron chi connectivity index (χ3n) is 4.58. The number of aromatic nitrogens is 2. The van der Waals surface area contributed by atoms with Gasteiger partial charge in [0.15, 0.2) is 0 Å². The molecule has 0 bridgehead atoms. The Hall–Kier alpha value is -2.27. The molecule has 0 radical (unpaired) electrons. The van der Waals surface area contributed by atoms with E-state index < -0.39 is 0 Å². The lowest BCUT2D eigenvalue weighted by Crippen LogP contribution is -2.19. The zero-order chi connectivity index (χ0) is 18.3. The average molecular weight is 359 g/mol. The minimum atomic E-state index is -0.262. The van der Waals surface area contributed by atoms with Gasteiger partial charge in [-0.2, -0.15) is 0 Å². The van der Waals surface area contributed by atoms with Gasteiger partial charge in [0.25, 0.3) is 0 Å². The van der Waals surface area contributed by atoms with E-state index in [4.69, 9.17) is 17.0 Å². The fourth-order valence-corrected chi connectivity index (χ4v) is 3.24. The van der Waals surface area contributed by atoms with Crippen molar-refractivity contribution in [3.8, 4) is 0 Å². The normalized spacial score (nSPS) is 17.2. The molecule has 1 atom stereocenters. The van der Waals surface area contributed by atoms with Crippen LogP contribution in [0.1, 0.15) is 34.3 Å². The Morgan fingerprint density at radius 3 is 2.52 bits per heavy atom. The second-order valence-corrected chi connectivity index (χ2v) is 6.81. The number of benzene rings is 1. The standard InChI is InChI=1S/C19H20ClFN4/c1-10-7-14(21)5-6-15(10)13(4)25-8-16(17(22)9-25)19-23-11(2)18(20)12(3)24-19/h5-7,16,22H,4,8-9H2,1-3H3. The molecule has 0 aliphatic carbocycles. The molecule has 1 fully saturated rings. The van der Waals surface area contributed by atoms with E-state index in [0.29, 0.717) is 29.6 Å². The first-order valence-electron chi connectivity index (χ1n) is 8.06. The van der Waals surface area contributed by atoms with Gasteiger partial charge < -0.3 is 10.3 Å². The molecule has 1 saturated heterocycles. The Morgan fingerprint density at radius 2 is 1.92 bits per heavy atom. The molecule has 130 valence electrons. The average Bonchev–Trinajstić information content (AvgIpc) is 2.93. The summed E-state index contributed by atoms with van der Waals surface area (Å²) in [6.07, 6.45) is 0. The van der Waals surface area contributed by atoms with Crippen LogP contribution < -0.4 is 0 Å². The van der Waals surface area contributed by atoms with E-state index in [-0.39, 0.29) is 11.7 Å². The molecular formula is C19H20ClFN4. The summed E-state index contributed by atoms with van der Waals surface area (Å²) in [7, 11) is 0. The van der Waals surface area contributed by atoms with Crippen LogP contribution in [0.4, 0.5) is 4.39 Å². The number of rotatable bonds is 3. The molecule has 1 unspecified atom stereocenters. The summed E-state index contributed by atoms with van der Waals surface area (Å²) in [5, 5.41) is 8.92. The minimum Gasteiger partial charge on any atom is -0.365 e. The maximum Gasteiger partial charge on any atom is 0.139 e. The predicted octanol–water partition coefficient (Wildman–Crippen LogP) is 4.28. The Labute approximate surface area is 151 Å². The van der Waals surface area contributed by atoms with Crippen LogP contribution in [0.15, 0.2) is 24.8 Å². The van der Waals surface area contributed by atoms with E-state index in [0.717, 1.165) is 28.2 Å². The van der Waals surface area contributed by atoms with Crippen molar-refractivity contribution in [2.24, 2.45) is 0 Å². The highest BCUT2D eigenvalue weighted by Gasteiger charge is 2.33. The van der Waals surface area contributed by atoms with Gasteiger partial charge in [0.05, 0.1) is 28.9 Å². The topological polar surface area (TPSA) is 52.9 Å². The zero-order valence-corrected chi connectivity index (χ0v) is 15.3. The van der Waals surface area contributed by atoms with Crippen molar-refractivity contribution in [3.05, 3.63) is 64.0 Å². The van der Waals surface area contributed by atoms with Crippen LogP contribution in [0, 0.1) is 32.0 Å². The third-order valence-corrected chi connectivity index (χ3v) is 5.12. The molecule has 0 spiro atoms. The van der Waals surface area contributed by atoms with Crippen LogP contribution in [0.3, 0.4) is 0 Å². The van der Waals surface area contributed by atoms with E-state index in [2.05, 4.69) is 16.5 Å². The summed E-state index contributed by atoms with van der Waals surface area (Å²) < 4.78 is 13.3. The SMILES string of the molecule is C=C(c1ccc(F)cc1C)N1CC(=N)C(c2nc(C)c(Cl)c(C)n2)C1. The molecule has 1 aliphatic heterocycles. The maximum absolute atomic E-state index is 13.3. The van der Waals surface area contributed by atoms with Gasteiger partial charge in [-0.15, -0.1) is 0 Å². The fraction of sp³-hybridized carbons (Fsp3) is 0.316. The van der Waals surface area contributed by atoms with Crippen LogP contribution >= 0.6 is 11.6 Å². The number of halogens is 2. The highest BCUT2D eigenvalue weighted by Crippen LogP contribution is 2.31. The van der Waals surface area contributed by atoms with Crippen LogP contribution in [0.2, 0.25) is 5.02 Å². The van der Waals surface area contributed by atoms with Crippen molar-refractivity contribution < 1.29 is 4.39 Å². The van der Waals surface area contributed by atoms with Gasteiger partial charge in [-0.3, -0.25) is 0 Å². The molecule has 2 heterocycles. The Kier molecular flexibility index (Phi) is 4.60. The van der Waals surface area contributed by atoms with Crippen LogP contribution in [-0.4, -0.2) is 33.7 Å². The smallest absolute Gasteiger partial charge is 0.139 e. The number of hydrogen-bond donors (Lipinski definition) is 1. The second-order valence-electron chi connectivity index (χ2n) is 6.43. The van der Waals surface area contributed by atoms with Gasteiger partial charge in [0, 0.05) is 23.5 Å². The van der Waals surface area contributed by atoms with E-state index in [9.17, 15) is 4.39 Å². The van der Waals surface area contributed by atoms with Crippen molar-refractivity contribution >= 4 is 23.0 Å². The van der Waals surface area contributed by atoms with Gasteiger partial charge in [0.1, 0.15) is 11.6 Å². The molecule has 2 aromatic rings. The first-order valence-corrected chi connectivity index (χ1v) is 8.44. The lowest BCUT2D eigenvalue weighted by Gasteiger charge is -2.22. The molecule has 4 nitrogen and oxygen atoms in total. The lowest BCUT2D eigenvalue weighted by molar-refractivity contribution is 0.484. The van der Waals surface area contributed by atoms with Gasteiger partial charge >= 0.3 is 0 Å². The molecule has 6 heteroatoms. The van der Waals surface area contributed by atoms with Gasteiger partial charge in [-0.1, -0.05) is 18.2 Å².